The van der Waals surface area contributed by atoms with Gasteiger partial charge in [0.15, 0.2) is 5.78 Å². The quantitative estimate of drug-likeness (QED) is 0.740. The number of rotatable bonds is 3. The van der Waals surface area contributed by atoms with Gasteiger partial charge in [0.1, 0.15) is 5.82 Å². The summed E-state index contributed by atoms with van der Waals surface area (Å²) in [4.78, 5) is 12.3. The van der Waals surface area contributed by atoms with Crippen LogP contribution >= 0.6 is 11.6 Å². The van der Waals surface area contributed by atoms with E-state index in [1.807, 2.05) is 20.8 Å². The van der Waals surface area contributed by atoms with Gasteiger partial charge in [-0.1, -0.05) is 29.3 Å². The highest BCUT2D eigenvalue weighted by Crippen LogP contribution is 2.20. The van der Waals surface area contributed by atoms with E-state index in [0.717, 1.165) is 16.7 Å². The Morgan fingerprint density at radius 3 is 2.25 bits per heavy atom. The van der Waals surface area contributed by atoms with Gasteiger partial charge in [0.25, 0.3) is 0 Å². The average molecular weight is 291 g/mol. The Morgan fingerprint density at radius 2 is 1.70 bits per heavy atom. The van der Waals surface area contributed by atoms with E-state index in [1.54, 1.807) is 6.07 Å². The second-order valence-electron chi connectivity index (χ2n) is 5.11. The van der Waals surface area contributed by atoms with Crippen molar-refractivity contribution in [3.8, 4) is 0 Å². The molecule has 0 aromatic heterocycles. The van der Waals surface area contributed by atoms with Crippen LogP contribution in [0.3, 0.4) is 0 Å². The van der Waals surface area contributed by atoms with Crippen molar-refractivity contribution >= 4 is 17.4 Å². The van der Waals surface area contributed by atoms with E-state index in [2.05, 4.69) is 12.1 Å². The lowest BCUT2D eigenvalue weighted by Crippen LogP contribution is -2.07. The van der Waals surface area contributed by atoms with Gasteiger partial charge in [-0.15, -0.1) is 0 Å². The normalized spacial score (nSPS) is 10.7. The predicted octanol–water partition coefficient (Wildman–Crippen LogP) is 4.83. The second-order valence-corrected chi connectivity index (χ2v) is 5.51. The molecule has 20 heavy (non-hydrogen) atoms. The Morgan fingerprint density at radius 1 is 1.10 bits per heavy atom. The lowest BCUT2D eigenvalue weighted by molar-refractivity contribution is 0.0992. The Hall–Kier alpha value is -1.67. The van der Waals surface area contributed by atoms with Gasteiger partial charge in [-0.3, -0.25) is 4.79 Å². The SMILES string of the molecule is Cc1cc(C)c(CC(=O)c2ccc(Cl)c(F)c2)c(C)c1. The molecule has 0 unspecified atom stereocenters. The number of benzene rings is 2. The standard InChI is InChI=1S/C17H16ClFO/c1-10-6-11(2)14(12(3)7-10)9-17(20)13-4-5-15(18)16(19)8-13/h4-8H,9H2,1-3H3. The lowest BCUT2D eigenvalue weighted by atomic mass is 9.94. The highest BCUT2D eigenvalue weighted by Gasteiger charge is 2.13. The van der Waals surface area contributed by atoms with Crippen LogP contribution in [0.15, 0.2) is 30.3 Å². The predicted molar refractivity (Wildman–Crippen MR) is 80.1 cm³/mol. The molecule has 0 bridgehead atoms. The van der Waals surface area contributed by atoms with Gasteiger partial charge >= 0.3 is 0 Å². The monoisotopic (exact) mass is 290 g/mol. The largest absolute Gasteiger partial charge is 0.294 e. The summed E-state index contributed by atoms with van der Waals surface area (Å²) in [5, 5.41) is 0.0317. The molecule has 0 N–H and O–H groups in total. The highest BCUT2D eigenvalue weighted by molar-refractivity contribution is 6.30. The molecule has 0 aliphatic heterocycles. The van der Waals surface area contributed by atoms with Crippen LogP contribution in [0.5, 0.6) is 0 Å². The molecular formula is C17H16ClFO. The third-order valence-corrected chi connectivity index (χ3v) is 3.73. The molecule has 0 saturated heterocycles. The Kier molecular flexibility index (Phi) is 4.24. The number of Topliss-reactive ketones (excluding diaryl/α,β-unsaturated/α-hetero) is 1. The molecule has 0 amide bonds. The lowest BCUT2D eigenvalue weighted by Gasteiger charge is -2.11. The first-order chi connectivity index (χ1) is 9.38. The van der Waals surface area contributed by atoms with Crippen LogP contribution < -0.4 is 0 Å². The zero-order chi connectivity index (χ0) is 14.9. The molecule has 0 spiro atoms. The molecule has 0 saturated carbocycles. The fourth-order valence-corrected chi connectivity index (χ4v) is 2.54. The number of carbonyl (C=O) groups excluding carboxylic acids is 1. The molecule has 3 heteroatoms. The fourth-order valence-electron chi connectivity index (χ4n) is 2.42. The van der Waals surface area contributed by atoms with Gasteiger partial charge < -0.3 is 0 Å². The molecule has 0 aliphatic rings. The van der Waals surface area contributed by atoms with Gasteiger partial charge in [0.2, 0.25) is 0 Å². The fraction of sp³-hybridized carbons (Fsp3) is 0.235. The Labute approximate surface area is 123 Å². The van der Waals surface area contributed by atoms with Crippen LogP contribution in [0.4, 0.5) is 4.39 Å². The molecule has 0 heterocycles. The first-order valence-corrected chi connectivity index (χ1v) is 6.81. The second kappa shape index (κ2) is 5.76. The smallest absolute Gasteiger partial charge is 0.167 e. The molecule has 104 valence electrons. The van der Waals surface area contributed by atoms with Crippen molar-refractivity contribution < 1.29 is 9.18 Å². The summed E-state index contributed by atoms with van der Waals surface area (Å²) in [7, 11) is 0. The van der Waals surface area contributed by atoms with Gasteiger partial charge in [0, 0.05) is 12.0 Å². The van der Waals surface area contributed by atoms with E-state index in [9.17, 15) is 9.18 Å². The molecule has 0 atom stereocenters. The number of aryl methyl sites for hydroxylation is 3. The van der Waals surface area contributed by atoms with E-state index in [0.29, 0.717) is 5.56 Å². The first kappa shape index (κ1) is 14.7. The topological polar surface area (TPSA) is 17.1 Å². The molecule has 1 nitrogen and oxygen atoms in total. The van der Waals surface area contributed by atoms with E-state index >= 15 is 0 Å². The average Bonchev–Trinajstić information content (AvgIpc) is 2.36. The third kappa shape index (κ3) is 3.07. The van der Waals surface area contributed by atoms with Gasteiger partial charge in [0.05, 0.1) is 5.02 Å². The van der Waals surface area contributed by atoms with Crippen molar-refractivity contribution in [2.45, 2.75) is 27.2 Å². The summed E-state index contributed by atoms with van der Waals surface area (Å²) in [5.74, 6) is -0.662. The van der Waals surface area contributed by atoms with E-state index in [4.69, 9.17) is 11.6 Å². The van der Waals surface area contributed by atoms with Gasteiger partial charge in [-0.25, -0.2) is 4.39 Å². The van der Waals surface area contributed by atoms with Crippen LogP contribution in [0.25, 0.3) is 0 Å². The van der Waals surface area contributed by atoms with E-state index in [-0.39, 0.29) is 17.2 Å². The number of carbonyl (C=O) groups is 1. The van der Waals surface area contributed by atoms with Crippen molar-refractivity contribution in [3.05, 3.63) is 69.0 Å². The summed E-state index contributed by atoms with van der Waals surface area (Å²) >= 11 is 5.63. The van der Waals surface area contributed by atoms with Gasteiger partial charge in [-0.2, -0.15) is 0 Å². The molecule has 0 radical (unpaired) electrons. The molecule has 2 aromatic rings. The third-order valence-electron chi connectivity index (χ3n) is 3.42. The summed E-state index contributed by atoms with van der Waals surface area (Å²) in [6, 6.07) is 8.28. The first-order valence-electron chi connectivity index (χ1n) is 6.43. The van der Waals surface area contributed by atoms with Crippen molar-refractivity contribution in [2.75, 3.05) is 0 Å². The van der Waals surface area contributed by atoms with Crippen LogP contribution in [-0.2, 0) is 6.42 Å². The van der Waals surface area contributed by atoms with Gasteiger partial charge in [-0.05, 0) is 55.7 Å². The molecule has 2 aromatic carbocycles. The minimum absolute atomic E-state index is 0.0317. The maximum atomic E-state index is 13.4. The molecule has 0 fully saturated rings. The summed E-state index contributed by atoms with van der Waals surface area (Å²) < 4.78 is 13.4. The maximum Gasteiger partial charge on any atom is 0.167 e. The van der Waals surface area contributed by atoms with Crippen LogP contribution in [0.2, 0.25) is 5.02 Å². The molecule has 0 aliphatic carbocycles. The minimum atomic E-state index is -0.560. The van der Waals surface area contributed by atoms with Crippen LogP contribution in [0.1, 0.15) is 32.6 Å². The Balaban J connectivity index is 2.30. The van der Waals surface area contributed by atoms with Crippen molar-refractivity contribution in [2.24, 2.45) is 0 Å². The molecule has 2 rings (SSSR count). The zero-order valence-electron chi connectivity index (χ0n) is 11.8. The van der Waals surface area contributed by atoms with E-state index < -0.39 is 5.82 Å². The Bertz CT molecular complexity index is 654. The summed E-state index contributed by atoms with van der Waals surface area (Å²) in [6.07, 6.45) is 0.277. The van der Waals surface area contributed by atoms with E-state index in [1.165, 1.54) is 17.7 Å². The maximum absolute atomic E-state index is 13.4. The number of ketones is 1. The van der Waals surface area contributed by atoms with Crippen molar-refractivity contribution in [3.63, 3.8) is 0 Å². The summed E-state index contributed by atoms with van der Waals surface area (Å²) in [5.41, 5.74) is 4.71. The molecular weight excluding hydrogens is 275 g/mol. The van der Waals surface area contributed by atoms with Crippen molar-refractivity contribution in [1.29, 1.82) is 0 Å². The van der Waals surface area contributed by atoms with Crippen LogP contribution in [0, 0.1) is 26.6 Å². The number of hydrogen-bond acceptors (Lipinski definition) is 1. The van der Waals surface area contributed by atoms with Crippen LogP contribution in [-0.4, -0.2) is 5.78 Å². The number of halogens is 2. The highest BCUT2D eigenvalue weighted by atomic mass is 35.5. The minimum Gasteiger partial charge on any atom is -0.294 e. The summed E-state index contributed by atoms with van der Waals surface area (Å²) in [6.45, 7) is 6.01. The zero-order valence-corrected chi connectivity index (χ0v) is 12.5. The number of hydrogen-bond donors (Lipinski definition) is 0. The van der Waals surface area contributed by atoms with Crippen molar-refractivity contribution in [1.82, 2.24) is 0 Å².